The number of aliphatic hydroxyl groups is 1. The van der Waals surface area contributed by atoms with Gasteiger partial charge in [-0.25, -0.2) is 0 Å². The van der Waals surface area contributed by atoms with Crippen LogP contribution in [0.4, 0.5) is 0 Å². The minimum atomic E-state index is -2.33. The van der Waals surface area contributed by atoms with E-state index in [9.17, 15) is 81.8 Å². The standard InChI is InChI=1S/C69H94O46/c1-24(71)88-20-42-48-54(94-30(7)77)62(102-38(15)85)68(108-42)115-51-45(23-91-27(4)74)107-67(61(101-37(14)84)57(51)97-33(10)80)111-47-41(19-87-17)105-65(59(99-35(12)82)53(47)93-29(6)76)113-49-44(22-90-26(3)73)109-69(63(103-39(16)86)56(49)96-32(9)79)114-50-43(21-89-25(2)72)106-66(60(100-36(13)83)55(50)95-31(8)78)110-46-40(18-70)104-64(112-48)58(98-34(11)81)52(46)92-28(5)75/h40-70H,18-23H2,1-17H3/t40-,41-,42-,43-,44-,45-,46-,47-,48-,49-,50-,51-,52+,53+,54+,55+,56+,57+,58-,59-,60-,61-,62-,63-,64-,65-,66-,67-,68-,69-/m1/s1. The first-order valence-corrected chi connectivity index (χ1v) is 35.6. The molecule has 0 saturated carbocycles. The van der Waals surface area contributed by atoms with Crippen LogP contribution >= 0.6 is 0 Å². The van der Waals surface area contributed by atoms with Crippen LogP contribution in [0.25, 0.3) is 0 Å². The smallest absolute Gasteiger partial charge is 0.303 e. The summed E-state index contributed by atoms with van der Waals surface area (Å²) in [6.07, 6.45) is -64.9. The zero-order valence-corrected chi connectivity index (χ0v) is 65.4. The fourth-order valence-electron chi connectivity index (χ4n) is 13.5. The summed E-state index contributed by atoms with van der Waals surface area (Å²) in [6, 6.07) is 0. The molecule has 0 aromatic carbocycles. The number of esters is 16. The van der Waals surface area contributed by atoms with Crippen LogP contribution in [0.1, 0.15) is 111 Å². The van der Waals surface area contributed by atoms with E-state index >= 15 is 0 Å². The lowest BCUT2D eigenvalue weighted by Crippen LogP contribution is -2.71. The number of hydrogen-bond acceptors (Lipinski definition) is 46. The molecular formula is C69H94O46. The van der Waals surface area contributed by atoms with Crippen molar-refractivity contribution in [3.63, 3.8) is 0 Å². The molecule has 12 bridgehead atoms. The van der Waals surface area contributed by atoms with E-state index in [1.54, 1.807) is 0 Å². The number of ether oxygens (including phenoxy) is 29. The Bertz CT molecular complexity index is 3430. The van der Waals surface area contributed by atoms with Gasteiger partial charge in [-0.2, -0.15) is 0 Å². The van der Waals surface area contributed by atoms with Crippen LogP contribution in [0.5, 0.6) is 0 Å². The molecular weight excluding hydrogens is 1560 g/mol. The van der Waals surface area contributed by atoms with E-state index in [1.807, 2.05) is 0 Å². The monoisotopic (exact) mass is 1660 g/mol. The van der Waals surface area contributed by atoms with Gasteiger partial charge in [-0.15, -0.1) is 0 Å². The zero-order valence-electron chi connectivity index (χ0n) is 65.4. The molecule has 0 spiro atoms. The quantitative estimate of drug-likeness (QED) is 0.0775. The summed E-state index contributed by atoms with van der Waals surface area (Å²) in [6.45, 7) is 8.05. The third-order valence-corrected chi connectivity index (χ3v) is 17.2. The van der Waals surface area contributed by atoms with Crippen LogP contribution in [0, 0.1) is 0 Å². The second-order valence-corrected chi connectivity index (χ2v) is 26.6. The Kier molecular flexibility index (Phi) is 34.2. The molecule has 46 nitrogen and oxygen atoms in total. The van der Waals surface area contributed by atoms with Crippen LogP contribution in [-0.2, 0) is 214 Å². The van der Waals surface area contributed by atoms with Gasteiger partial charge in [0.05, 0.1) is 13.2 Å². The molecule has 0 unspecified atom stereocenters. The Morgan fingerprint density at radius 3 is 0.478 bits per heavy atom. The van der Waals surface area contributed by atoms with Gasteiger partial charge in [-0.05, 0) is 0 Å². The van der Waals surface area contributed by atoms with E-state index in [-0.39, 0.29) is 0 Å². The Morgan fingerprint density at radius 1 is 0.200 bits per heavy atom. The number of carbonyl (C=O) groups excluding carboxylic acids is 16. The van der Waals surface area contributed by atoms with E-state index in [4.69, 9.17) is 137 Å². The van der Waals surface area contributed by atoms with E-state index in [2.05, 4.69) is 0 Å². The highest BCUT2D eigenvalue weighted by atomic mass is 16.8. The Morgan fingerprint density at radius 2 is 0.339 bits per heavy atom. The first kappa shape index (κ1) is 93.1. The second kappa shape index (κ2) is 42.2. The highest BCUT2D eigenvalue weighted by Crippen LogP contribution is 2.44. The fraction of sp³-hybridized carbons (Fsp3) is 0.768. The van der Waals surface area contributed by atoms with E-state index < -0.39 is 319 Å². The van der Waals surface area contributed by atoms with Crippen molar-refractivity contribution in [1.29, 1.82) is 0 Å². The molecule has 22 fully saturated rings. The molecule has 22 heterocycles. The molecule has 0 aromatic heterocycles. The van der Waals surface area contributed by atoms with Gasteiger partial charge in [0.1, 0.15) is 99.7 Å². The Hall–Kier alpha value is -9.04. The van der Waals surface area contributed by atoms with Gasteiger partial charge in [0.15, 0.2) is 111 Å². The van der Waals surface area contributed by atoms with Crippen molar-refractivity contribution < 1.29 is 219 Å². The summed E-state index contributed by atoms with van der Waals surface area (Å²) in [5, 5.41) is 11.5. The van der Waals surface area contributed by atoms with Crippen molar-refractivity contribution in [1.82, 2.24) is 0 Å². The molecule has 30 atom stereocenters. The molecule has 22 aliphatic heterocycles. The van der Waals surface area contributed by atoms with Gasteiger partial charge in [0, 0.05) is 118 Å². The normalized spacial score (nSPS) is 35.8. The van der Waals surface area contributed by atoms with Crippen molar-refractivity contribution in [2.24, 2.45) is 0 Å². The number of hydrogen-bond donors (Lipinski definition) is 1. The molecule has 1 N–H and O–H groups in total. The maximum absolute atomic E-state index is 13.7. The summed E-state index contributed by atoms with van der Waals surface area (Å²) in [5.74, 6) is -18.7. The van der Waals surface area contributed by atoms with Gasteiger partial charge < -0.3 is 142 Å². The first-order chi connectivity index (χ1) is 54.1. The minimum Gasteiger partial charge on any atom is -0.463 e. The number of methoxy groups -OCH3 is 1. The third kappa shape index (κ3) is 25.7. The molecule has 646 valence electrons. The van der Waals surface area contributed by atoms with Crippen LogP contribution in [0.15, 0.2) is 0 Å². The highest BCUT2D eigenvalue weighted by molar-refractivity contribution is 5.72. The SMILES string of the molecule is COC[C@H]1O[C@@H]2O[C@H]3[C@H](OC(C)=O)[C@@H](OC(C)=O)[C@@H](O[C@H]4[C@H](OC(C)=O)[C@@H](OC(C)=O)[C@@H](O[C@H]5[C@H](OC(C)=O)[C@@H](OC(C)=O)[C@@H](O[C@H]6[C@H](OC(C)=O)[C@@H](OC(C)=O)[C@@H](O[C@H]7[C@H](OC(C)=O)[C@@H](OC(C)=O)[C@@H](O[C@H]1[C@H](OC(C)=O)[C@H]2OC(C)=O)O[C@@H]7COC(C)=O)O[C@@H]6COC(C)=O)O[C@@H]5CO)O[C@@H]4COC(C)=O)O[C@@H]3COC(C)=O. The summed E-state index contributed by atoms with van der Waals surface area (Å²) < 4.78 is 177. The number of carbonyl (C=O) groups is 16. The molecule has 22 aliphatic rings. The summed E-state index contributed by atoms with van der Waals surface area (Å²) in [5.41, 5.74) is 0. The van der Waals surface area contributed by atoms with Gasteiger partial charge in [0.25, 0.3) is 0 Å². The van der Waals surface area contributed by atoms with Crippen molar-refractivity contribution in [3.05, 3.63) is 0 Å². The lowest BCUT2D eigenvalue weighted by molar-refractivity contribution is -0.404. The fourth-order valence-corrected chi connectivity index (χ4v) is 13.5. The topological polar surface area (TPSA) is 561 Å². The van der Waals surface area contributed by atoms with Crippen molar-refractivity contribution in [2.45, 2.75) is 295 Å². The summed E-state index contributed by atoms with van der Waals surface area (Å²) in [7, 11) is 1.13. The minimum absolute atomic E-state index is 0.707. The number of rotatable bonds is 23. The van der Waals surface area contributed by atoms with E-state index in [1.165, 1.54) is 0 Å². The van der Waals surface area contributed by atoms with Crippen molar-refractivity contribution in [2.75, 3.05) is 46.8 Å². The molecule has 0 aliphatic carbocycles. The average Bonchev–Trinajstić information content (AvgIpc) is 0.756. The predicted octanol–water partition coefficient (Wildman–Crippen LogP) is -3.27. The lowest BCUT2D eigenvalue weighted by Gasteiger charge is -2.52. The van der Waals surface area contributed by atoms with Crippen molar-refractivity contribution in [3.8, 4) is 0 Å². The first-order valence-electron chi connectivity index (χ1n) is 35.6. The average molecular weight is 1660 g/mol. The maximum Gasteiger partial charge on any atom is 0.303 e. The van der Waals surface area contributed by atoms with E-state index in [0.717, 1.165) is 118 Å². The summed E-state index contributed by atoms with van der Waals surface area (Å²) >= 11 is 0. The predicted molar refractivity (Wildman–Crippen MR) is 353 cm³/mol. The van der Waals surface area contributed by atoms with Gasteiger partial charge >= 0.3 is 95.5 Å². The Balaban J connectivity index is 1.60. The third-order valence-electron chi connectivity index (χ3n) is 17.2. The van der Waals surface area contributed by atoms with Gasteiger partial charge in [-0.3, -0.25) is 76.7 Å². The summed E-state index contributed by atoms with van der Waals surface area (Å²) in [4.78, 5) is 215. The zero-order chi connectivity index (χ0) is 85.3. The van der Waals surface area contributed by atoms with Crippen molar-refractivity contribution >= 4 is 95.5 Å². The largest absolute Gasteiger partial charge is 0.463 e. The molecule has 22 saturated heterocycles. The van der Waals surface area contributed by atoms with Crippen LogP contribution < -0.4 is 0 Å². The molecule has 0 radical (unpaired) electrons. The van der Waals surface area contributed by atoms with Crippen LogP contribution in [0.3, 0.4) is 0 Å². The van der Waals surface area contributed by atoms with Crippen LogP contribution in [-0.4, -0.2) is 332 Å². The molecule has 22 rings (SSSR count). The van der Waals surface area contributed by atoms with E-state index in [0.29, 0.717) is 0 Å². The number of aliphatic hydroxyl groups excluding tert-OH is 1. The second-order valence-electron chi connectivity index (χ2n) is 26.6. The molecule has 46 heteroatoms. The maximum atomic E-state index is 13.7. The Labute approximate surface area is 654 Å². The molecule has 0 amide bonds. The lowest BCUT2D eigenvalue weighted by atomic mass is 9.94. The van der Waals surface area contributed by atoms with Gasteiger partial charge in [-0.1, -0.05) is 0 Å². The molecule has 0 aromatic rings. The van der Waals surface area contributed by atoms with Crippen LogP contribution in [0.2, 0.25) is 0 Å². The van der Waals surface area contributed by atoms with Gasteiger partial charge in [0.2, 0.25) is 0 Å². The highest BCUT2D eigenvalue weighted by Gasteiger charge is 2.65. The molecule has 115 heavy (non-hydrogen) atoms.